The Balaban J connectivity index is 1.80. The van der Waals surface area contributed by atoms with E-state index in [0.717, 1.165) is 36.2 Å². The average molecular weight is 344 g/mol. The Labute approximate surface area is 139 Å². The highest BCUT2D eigenvalue weighted by molar-refractivity contribution is 7.92. The molecule has 9 heteroatoms. The lowest BCUT2D eigenvalue weighted by molar-refractivity contribution is 0.596. The molecule has 8 nitrogen and oxygen atoms in total. The second kappa shape index (κ2) is 5.45. The average Bonchev–Trinajstić information content (AvgIpc) is 3.26. The summed E-state index contributed by atoms with van der Waals surface area (Å²) < 4.78 is 30.9. The zero-order chi connectivity index (χ0) is 16.7. The summed E-state index contributed by atoms with van der Waals surface area (Å²) in [6, 6.07) is 9.47. The minimum atomic E-state index is -3.82. The number of rotatable bonds is 4. The van der Waals surface area contributed by atoms with Gasteiger partial charge in [0.2, 0.25) is 5.03 Å². The summed E-state index contributed by atoms with van der Waals surface area (Å²) in [4.78, 5) is 0. The topological polar surface area (TPSA) is 94.7 Å². The normalized spacial score (nSPS) is 13.9. The van der Waals surface area contributed by atoms with Gasteiger partial charge in [0, 0.05) is 12.6 Å². The van der Waals surface area contributed by atoms with Crippen LogP contribution in [0.2, 0.25) is 0 Å². The summed E-state index contributed by atoms with van der Waals surface area (Å²) in [5.74, 6) is 0.486. The molecule has 0 radical (unpaired) electrons. The molecular weight excluding hydrogens is 328 g/mol. The third-order valence-electron chi connectivity index (χ3n) is 4.00. The van der Waals surface area contributed by atoms with Crippen LogP contribution in [0.1, 0.15) is 17.7 Å². The van der Waals surface area contributed by atoms with Crippen molar-refractivity contribution in [3.05, 3.63) is 47.8 Å². The van der Waals surface area contributed by atoms with Gasteiger partial charge in [-0.15, -0.1) is 5.10 Å². The minimum absolute atomic E-state index is 0.113. The summed E-state index contributed by atoms with van der Waals surface area (Å²) in [6.45, 7) is 0. The fourth-order valence-corrected chi connectivity index (χ4v) is 3.89. The zero-order valence-electron chi connectivity index (χ0n) is 13.0. The molecule has 1 aromatic carbocycles. The van der Waals surface area contributed by atoms with Crippen LogP contribution in [0.5, 0.6) is 0 Å². The van der Waals surface area contributed by atoms with Gasteiger partial charge < -0.3 is 0 Å². The summed E-state index contributed by atoms with van der Waals surface area (Å²) in [5.41, 5.74) is 2.70. The van der Waals surface area contributed by atoms with Crippen molar-refractivity contribution in [2.75, 3.05) is 4.72 Å². The van der Waals surface area contributed by atoms with Gasteiger partial charge in [-0.2, -0.15) is 13.5 Å². The van der Waals surface area contributed by atoms with Gasteiger partial charge in [0.1, 0.15) is 5.82 Å². The Kier molecular flexibility index (Phi) is 3.38. The molecule has 4 rings (SSSR count). The largest absolute Gasteiger partial charge is 0.284 e. The highest BCUT2D eigenvalue weighted by Crippen LogP contribution is 2.32. The second-order valence-electron chi connectivity index (χ2n) is 5.71. The highest BCUT2D eigenvalue weighted by atomic mass is 32.2. The van der Waals surface area contributed by atoms with Gasteiger partial charge in [0.25, 0.3) is 10.0 Å². The number of hydrogen-bond acceptors (Lipinski definition) is 5. The molecule has 0 saturated heterocycles. The molecule has 0 saturated carbocycles. The molecule has 1 aliphatic rings. The fraction of sp³-hybridized carbons (Fsp3) is 0.267. The van der Waals surface area contributed by atoms with Crippen LogP contribution in [-0.4, -0.2) is 33.2 Å². The van der Waals surface area contributed by atoms with Gasteiger partial charge in [-0.05, 0) is 31.4 Å². The minimum Gasteiger partial charge on any atom is -0.262 e. The van der Waals surface area contributed by atoms with Crippen LogP contribution in [-0.2, 0) is 29.9 Å². The van der Waals surface area contributed by atoms with Crippen LogP contribution in [0, 0.1) is 0 Å². The highest BCUT2D eigenvalue weighted by Gasteiger charge is 2.27. The maximum Gasteiger partial charge on any atom is 0.284 e. The van der Waals surface area contributed by atoms with E-state index < -0.39 is 10.0 Å². The summed E-state index contributed by atoms with van der Waals surface area (Å²) in [5, 5.41) is 11.9. The maximum absolute atomic E-state index is 12.6. The Morgan fingerprint density at radius 3 is 2.67 bits per heavy atom. The zero-order valence-corrected chi connectivity index (χ0v) is 13.9. The molecule has 0 amide bonds. The Bertz CT molecular complexity index is 990. The fourth-order valence-electron chi connectivity index (χ4n) is 2.88. The van der Waals surface area contributed by atoms with Gasteiger partial charge in [0.15, 0.2) is 0 Å². The number of aromatic nitrogens is 5. The molecule has 2 heterocycles. The summed E-state index contributed by atoms with van der Waals surface area (Å²) in [7, 11) is -2.20. The van der Waals surface area contributed by atoms with E-state index in [2.05, 4.69) is 20.1 Å². The molecule has 0 aliphatic heterocycles. The molecule has 0 atom stereocenters. The van der Waals surface area contributed by atoms with Gasteiger partial charge in [-0.25, -0.2) is 4.68 Å². The van der Waals surface area contributed by atoms with E-state index in [1.807, 2.05) is 30.3 Å². The van der Waals surface area contributed by atoms with Crippen molar-refractivity contribution >= 4 is 15.8 Å². The first-order chi connectivity index (χ1) is 11.5. The van der Waals surface area contributed by atoms with Crippen molar-refractivity contribution in [3.63, 3.8) is 0 Å². The number of fused-ring (bicyclic) bond motifs is 1. The molecule has 1 N–H and O–H groups in total. The molecule has 24 heavy (non-hydrogen) atoms. The number of hydrogen-bond donors (Lipinski definition) is 1. The predicted octanol–water partition coefficient (Wildman–Crippen LogP) is 1.29. The molecule has 124 valence electrons. The molecule has 0 fully saturated rings. The summed E-state index contributed by atoms with van der Waals surface area (Å²) in [6.07, 6.45) is 4.01. The Morgan fingerprint density at radius 2 is 1.96 bits per heavy atom. The van der Waals surface area contributed by atoms with Gasteiger partial charge in [-0.3, -0.25) is 9.40 Å². The first-order valence-electron chi connectivity index (χ1n) is 7.60. The van der Waals surface area contributed by atoms with E-state index in [0.29, 0.717) is 5.82 Å². The maximum atomic E-state index is 12.6. The lowest BCUT2D eigenvalue weighted by Crippen LogP contribution is -2.17. The second-order valence-corrected chi connectivity index (χ2v) is 7.34. The Hall–Kier alpha value is -2.68. The van der Waals surface area contributed by atoms with Crippen molar-refractivity contribution in [2.45, 2.75) is 24.3 Å². The number of nitrogens with zero attached hydrogens (tertiary/aromatic N) is 5. The van der Waals surface area contributed by atoms with Crippen molar-refractivity contribution in [2.24, 2.45) is 7.05 Å². The van der Waals surface area contributed by atoms with E-state index >= 15 is 0 Å². The molecule has 0 bridgehead atoms. The van der Waals surface area contributed by atoms with E-state index in [1.54, 1.807) is 11.7 Å². The lowest BCUT2D eigenvalue weighted by atomic mass is 10.2. The van der Waals surface area contributed by atoms with E-state index in [9.17, 15) is 8.42 Å². The Morgan fingerprint density at radius 1 is 1.17 bits per heavy atom. The number of benzene rings is 1. The first kappa shape index (κ1) is 14.9. The van der Waals surface area contributed by atoms with Gasteiger partial charge in [0.05, 0.1) is 17.6 Å². The van der Waals surface area contributed by atoms with Crippen LogP contribution in [0.25, 0.3) is 5.69 Å². The van der Waals surface area contributed by atoms with Crippen LogP contribution in [0.3, 0.4) is 0 Å². The monoisotopic (exact) mass is 344 g/mol. The van der Waals surface area contributed by atoms with Gasteiger partial charge >= 0.3 is 0 Å². The van der Waals surface area contributed by atoms with Crippen molar-refractivity contribution in [1.82, 2.24) is 24.8 Å². The predicted molar refractivity (Wildman–Crippen MR) is 87.4 cm³/mol. The molecule has 0 unspecified atom stereocenters. The number of para-hydroxylation sites is 1. The number of nitrogens with one attached hydrogen (secondary N) is 1. The standard InChI is InChI=1S/C15H16N6O2S/c1-20-10-14(16-19-20)24(22,23)18-15-12-8-5-9-13(12)17-21(15)11-6-3-2-4-7-11/h2-4,6-7,10,18H,5,8-9H2,1H3. The van der Waals surface area contributed by atoms with Crippen LogP contribution in [0.4, 0.5) is 5.82 Å². The van der Waals surface area contributed by atoms with E-state index in [1.165, 1.54) is 10.9 Å². The first-order valence-corrected chi connectivity index (χ1v) is 9.08. The third-order valence-corrected chi connectivity index (χ3v) is 5.20. The lowest BCUT2D eigenvalue weighted by Gasteiger charge is -2.11. The summed E-state index contributed by atoms with van der Waals surface area (Å²) >= 11 is 0. The molecule has 3 aromatic rings. The smallest absolute Gasteiger partial charge is 0.262 e. The number of anilines is 1. The van der Waals surface area contributed by atoms with E-state index in [-0.39, 0.29) is 5.03 Å². The van der Waals surface area contributed by atoms with Crippen LogP contribution >= 0.6 is 0 Å². The van der Waals surface area contributed by atoms with Crippen LogP contribution in [0.15, 0.2) is 41.6 Å². The molecular formula is C15H16N6O2S. The quantitative estimate of drug-likeness (QED) is 0.769. The van der Waals surface area contributed by atoms with E-state index in [4.69, 9.17) is 0 Å². The van der Waals surface area contributed by atoms with Gasteiger partial charge in [-0.1, -0.05) is 23.4 Å². The molecule has 0 spiro atoms. The molecule has 2 aromatic heterocycles. The molecule has 1 aliphatic carbocycles. The third kappa shape index (κ3) is 2.46. The SMILES string of the molecule is Cn1cc(S(=O)(=O)Nc2c3c(nn2-c2ccccc2)CCC3)nn1. The van der Waals surface area contributed by atoms with Crippen molar-refractivity contribution < 1.29 is 8.42 Å². The van der Waals surface area contributed by atoms with Crippen LogP contribution < -0.4 is 4.72 Å². The number of aryl methyl sites for hydroxylation is 2. The number of sulfonamides is 1. The van der Waals surface area contributed by atoms with Crippen molar-refractivity contribution in [1.29, 1.82) is 0 Å². The van der Waals surface area contributed by atoms with Crippen molar-refractivity contribution in [3.8, 4) is 5.69 Å².